The van der Waals surface area contributed by atoms with E-state index in [-0.39, 0.29) is 11.8 Å². The summed E-state index contributed by atoms with van der Waals surface area (Å²) in [6.45, 7) is 6.17. The first-order chi connectivity index (χ1) is 12.5. The van der Waals surface area contributed by atoms with Crippen LogP contribution in [0, 0.1) is 19.8 Å². The summed E-state index contributed by atoms with van der Waals surface area (Å²) in [7, 11) is 0. The number of pyridine rings is 1. The summed E-state index contributed by atoms with van der Waals surface area (Å²) >= 11 is 0. The van der Waals surface area contributed by atoms with Crippen molar-refractivity contribution in [3.05, 3.63) is 65.0 Å². The van der Waals surface area contributed by atoms with E-state index in [9.17, 15) is 9.59 Å². The lowest BCUT2D eigenvalue weighted by Gasteiger charge is -2.32. The van der Waals surface area contributed by atoms with E-state index in [2.05, 4.69) is 10.3 Å². The first-order valence-corrected chi connectivity index (χ1v) is 9.09. The minimum atomic E-state index is -0.0246. The quantitative estimate of drug-likeness (QED) is 0.921. The molecule has 136 valence electrons. The largest absolute Gasteiger partial charge is 0.352 e. The number of aromatic nitrogens is 1. The molecule has 0 bridgehead atoms. The maximum atomic E-state index is 12.4. The van der Waals surface area contributed by atoms with Gasteiger partial charge in [-0.1, -0.05) is 6.07 Å². The summed E-state index contributed by atoms with van der Waals surface area (Å²) in [6, 6.07) is 9.28. The Kier molecular flexibility index (Phi) is 5.66. The van der Waals surface area contributed by atoms with Crippen molar-refractivity contribution < 1.29 is 9.59 Å². The number of carbonyl (C=O) groups excluding carboxylic acids is 2. The van der Waals surface area contributed by atoms with Crippen molar-refractivity contribution in [2.24, 2.45) is 5.92 Å². The minimum absolute atomic E-state index is 0.0246. The third-order valence-corrected chi connectivity index (χ3v) is 5.15. The zero-order valence-electron chi connectivity index (χ0n) is 15.4. The fourth-order valence-electron chi connectivity index (χ4n) is 3.24. The molecule has 1 saturated heterocycles. The van der Waals surface area contributed by atoms with Crippen LogP contribution in [0.4, 0.5) is 0 Å². The number of hydrogen-bond acceptors (Lipinski definition) is 3. The molecule has 1 aromatic carbocycles. The second kappa shape index (κ2) is 8.13. The molecule has 26 heavy (non-hydrogen) atoms. The normalized spacial score (nSPS) is 14.9. The first-order valence-electron chi connectivity index (χ1n) is 9.09. The highest BCUT2D eigenvalue weighted by Gasteiger charge is 2.24. The molecule has 0 unspecified atom stereocenters. The van der Waals surface area contributed by atoms with Gasteiger partial charge in [0.25, 0.3) is 11.8 Å². The molecule has 2 amide bonds. The van der Waals surface area contributed by atoms with Crippen LogP contribution < -0.4 is 5.32 Å². The van der Waals surface area contributed by atoms with Crippen LogP contribution in [0.3, 0.4) is 0 Å². The van der Waals surface area contributed by atoms with Gasteiger partial charge in [0.2, 0.25) is 0 Å². The Hall–Kier alpha value is -2.69. The van der Waals surface area contributed by atoms with Gasteiger partial charge in [0.15, 0.2) is 0 Å². The van der Waals surface area contributed by atoms with Crippen LogP contribution in [-0.4, -0.2) is 41.3 Å². The van der Waals surface area contributed by atoms with Gasteiger partial charge in [0.1, 0.15) is 0 Å². The van der Waals surface area contributed by atoms with Crippen molar-refractivity contribution in [2.45, 2.75) is 26.7 Å². The first kappa shape index (κ1) is 18.1. The van der Waals surface area contributed by atoms with E-state index in [1.54, 1.807) is 24.5 Å². The molecule has 0 spiro atoms. The van der Waals surface area contributed by atoms with E-state index in [0.717, 1.165) is 31.5 Å². The van der Waals surface area contributed by atoms with Gasteiger partial charge in [-0.05, 0) is 68.0 Å². The summed E-state index contributed by atoms with van der Waals surface area (Å²) in [5.74, 6) is 0.445. The van der Waals surface area contributed by atoms with E-state index in [4.69, 9.17) is 0 Å². The fraction of sp³-hybridized carbons (Fsp3) is 0.381. The Bertz CT molecular complexity index is 781. The second-order valence-electron chi connectivity index (χ2n) is 6.98. The SMILES string of the molecule is Cc1ccc(C(=O)NCC2CCN(C(=O)c3ccncc3)CC2)cc1C. The molecule has 2 aromatic rings. The lowest BCUT2D eigenvalue weighted by molar-refractivity contribution is 0.0684. The summed E-state index contributed by atoms with van der Waals surface area (Å²) in [5, 5.41) is 3.04. The number of nitrogens with zero attached hydrogens (tertiary/aromatic N) is 2. The van der Waals surface area contributed by atoms with E-state index >= 15 is 0 Å². The van der Waals surface area contributed by atoms with Crippen molar-refractivity contribution in [3.8, 4) is 0 Å². The lowest BCUT2D eigenvalue weighted by atomic mass is 9.96. The molecule has 5 heteroatoms. The average Bonchev–Trinajstić information content (AvgIpc) is 2.68. The Morgan fingerprint density at radius 2 is 1.73 bits per heavy atom. The van der Waals surface area contributed by atoms with E-state index in [0.29, 0.717) is 23.6 Å². The smallest absolute Gasteiger partial charge is 0.253 e. The Balaban J connectivity index is 1.47. The van der Waals surface area contributed by atoms with Gasteiger partial charge >= 0.3 is 0 Å². The highest BCUT2D eigenvalue weighted by molar-refractivity contribution is 5.94. The average molecular weight is 351 g/mol. The van der Waals surface area contributed by atoms with E-state index in [1.165, 1.54) is 5.56 Å². The summed E-state index contributed by atoms with van der Waals surface area (Å²) < 4.78 is 0. The minimum Gasteiger partial charge on any atom is -0.352 e. The number of benzene rings is 1. The third-order valence-electron chi connectivity index (χ3n) is 5.15. The van der Waals surface area contributed by atoms with Crippen LogP contribution in [0.1, 0.15) is 44.7 Å². The van der Waals surface area contributed by atoms with Crippen molar-refractivity contribution >= 4 is 11.8 Å². The number of piperidine rings is 1. The Morgan fingerprint density at radius 3 is 2.38 bits per heavy atom. The van der Waals surface area contributed by atoms with Crippen LogP contribution >= 0.6 is 0 Å². The van der Waals surface area contributed by atoms with Gasteiger partial charge in [-0.25, -0.2) is 0 Å². The topological polar surface area (TPSA) is 62.3 Å². The van der Waals surface area contributed by atoms with E-state index in [1.807, 2.05) is 36.9 Å². The standard InChI is InChI=1S/C21H25N3O2/c1-15-3-4-19(13-16(15)2)20(25)23-14-17-7-11-24(12-8-17)21(26)18-5-9-22-10-6-18/h3-6,9-10,13,17H,7-8,11-12,14H2,1-2H3,(H,23,25). The van der Waals surface area contributed by atoms with Crippen LogP contribution in [0.15, 0.2) is 42.7 Å². The molecule has 1 aliphatic heterocycles. The van der Waals surface area contributed by atoms with Gasteiger partial charge in [0.05, 0.1) is 0 Å². The number of hydrogen-bond donors (Lipinski definition) is 1. The molecule has 0 radical (unpaired) electrons. The van der Waals surface area contributed by atoms with Crippen molar-refractivity contribution in [2.75, 3.05) is 19.6 Å². The molecule has 1 aliphatic rings. The van der Waals surface area contributed by atoms with Gasteiger partial charge < -0.3 is 10.2 Å². The summed E-state index contributed by atoms with van der Waals surface area (Å²) in [4.78, 5) is 30.6. The van der Waals surface area contributed by atoms with Gasteiger partial charge in [0, 0.05) is 43.2 Å². The molecule has 0 saturated carbocycles. The summed E-state index contributed by atoms with van der Waals surface area (Å²) in [6.07, 6.45) is 5.10. The van der Waals surface area contributed by atoms with Crippen LogP contribution in [0.5, 0.6) is 0 Å². The molecule has 2 heterocycles. The molecule has 3 rings (SSSR count). The predicted molar refractivity (Wildman–Crippen MR) is 101 cm³/mol. The molecule has 1 N–H and O–H groups in total. The zero-order chi connectivity index (χ0) is 18.5. The molecule has 0 aliphatic carbocycles. The highest BCUT2D eigenvalue weighted by atomic mass is 16.2. The van der Waals surface area contributed by atoms with Crippen LogP contribution in [0.2, 0.25) is 0 Å². The molecule has 1 aromatic heterocycles. The van der Waals surface area contributed by atoms with Gasteiger partial charge in [-0.2, -0.15) is 0 Å². The molecule has 1 fully saturated rings. The number of aryl methyl sites for hydroxylation is 2. The highest BCUT2D eigenvalue weighted by Crippen LogP contribution is 2.18. The fourth-order valence-corrected chi connectivity index (χ4v) is 3.24. The number of rotatable bonds is 4. The van der Waals surface area contributed by atoms with Crippen molar-refractivity contribution in [1.29, 1.82) is 0 Å². The van der Waals surface area contributed by atoms with E-state index < -0.39 is 0 Å². The summed E-state index contributed by atoms with van der Waals surface area (Å²) in [5.41, 5.74) is 3.70. The Labute approximate surface area is 154 Å². The van der Waals surface area contributed by atoms with Crippen molar-refractivity contribution in [3.63, 3.8) is 0 Å². The van der Waals surface area contributed by atoms with Crippen LogP contribution in [-0.2, 0) is 0 Å². The third kappa shape index (κ3) is 4.28. The Morgan fingerprint density at radius 1 is 1.04 bits per heavy atom. The second-order valence-corrected chi connectivity index (χ2v) is 6.98. The molecular formula is C21H25N3O2. The molecule has 5 nitrogen and oxygen atoms in total. The van der Waals surface area contributed by atoms with Crippen LogP contribution in [0.25, 0.3) is 0 Å². The monoisotopic (exact) mass is 351 g/mol. The predicted octanol–water partition coefficient (Wildman–Crippen LogP) is 2.98. The molecule has 0 atom stereocenters. The number of likely N-dealkylation sites (tertiary alicyclic amines) is 1. The van der Waals surface area contributed by atoms with Crippen molar-refractivity contribution in [1.82, 2.24) is 15.2 Å². The number of nitrogens with one attached hydrogen (secondary N) is 1. The zero-order valence-corrected chi connectivity index (χ0v) is 15.4. The maximum absolute atomic E-state index is 12.4. The number of carbonyl (C=O) groups is 2. The maximum Gasteiger partial charge on any atom is 0.253 e. The lowest BCUT2D eigenvalue weighted by Crippen LogP contribution is -2.41. The molecular weight excluding hydrogens is 326 g/mol. The van der Waals surface area contributed by atoms with Gasteiger partial charge in [-0.3, -0.25) is 14.6 Å². The van der Waals surface area contributed by atoms with Gasteiger partial charge in [-0.15, -0.1) is 0 Å². The number of amides is 2.